The van der Waals surface area contributed by atoms with Crippen molar-refractivity contribution in [2.75, 3.05) is 0 Å². The number of hydrogen-bond acceptors (Lipinski definition) is 4. The zero-order chi connectivity index (χ0) is 19.3. The molecule has 1 fully saturated rings. The molecule has 0 bridgehead atoms. The second-order valence-corrected chi connectivity index (χ2v) is 7.46. The highest BCUT2D eigenvalue weighted by molar-refractivity contribution is 6.30. The number of nitrogens with one attached hydrogen (secondary N) is 2. The van der Waals surface area contributed by atoms with Crippen molar-refractivity contribution in [1.82, 2.24) is 10.6 Å². The third-order valence-electron chi connectivity index (χ3n) is 3.99. The molecule has 2 rings (SSSR count). The first kappa shape index (κ1) is 20.2. The van der Waals surface area contributed by atoms with Crippen molar-refractivity contribution in [3.8, 4) is 0 Å². The van der Waals surface area contributed by atoms with Crippen LogP contribution in [0.2, 0.25) is 5.02 Å². The first-order valence-corrected chi connectivity index (χ1v) is 9.21. The summed E-state index contributed by atoms with van der Waals surface area (Å²) in [7, 11) is 0. The Hall–Kier alpha value is -2.08. The molecule has 1 aromatic carbocycles. The number of halogens is 1. The standard InChI is InChI=1S/C19H25ClN2O4/c1-11(2)10-16(22-18(24)13-4-6-14(20)7-5-13)19(25)26-12(3)17(23)21-15-8-9-15/h4-7,11-12,15-16H,8-10H2,1-3H3,(H,21,23)(H,22,24)/t12-,16-/m1/s1. The van der Waals surface area contributed by atoms with Gasteiger partial charge in [-0.3, -0.25) is 9.59 Å². The van der Waals surface area contributed by atoms with Crippen LogP contribution in [0, 0.1) is 5.92 Å². The van der Waals surface area contributed by atoms with Crippen LogP contribution in [0.25, 0.3) is 0 Å². The molecule has 1 aromatic rings. The first-order valence-electron chi connectivity index (χ1n) is 8.83. The van der Waals surface area contributed by atoms with Crippen LogP contribution in [-0.4, -0.2) is 36.0 Å². The molecule has 6 nitrogen and oxygen atoms in total. The topological polar surface area (TPSA) is 84.5 Å². The normalized spacial score (nSPS) is 15.9. The predicted molar refractivity (Wildman–Crippen MR) is 98.9 cm³/mol. The highest BCUT2D eigenvalue weighted by atomic mass is 35.5. The molecule has 0 unspecified atom stereocenters. The summed E-state index contributed by atoms with van der Waals surface area (Å²) in [6.07, 6.45) is 1.43. The zero-order valence-corrected chi connectivity index (χ0v) is 16.0. The minimum Gasteiger partial charge on any atom is -0.451 e. The quantitative estimate of drug-likeness (QED) is 0.679. The number of carbonyl (C=O) groups excluding carboxylic acids is 3. The Kier molecular flexibility index (Phi) is 7.03. The van der Waals surface area contributed by atoms with Crippen molar-refractivity contribution in [2.24, 2.45) is 5.92 Å². The fourth-order valence-corrected chi connectivity index (χ4v) is 2.51. The van der Waals surface area contributed by atoms with Gasteiger partial charge in [0.15, 0.2) is 6.10 Å². The maximum absolute atomic E-state index is 12.5. The van der Waals surface area contributed by atoms with Gasteiger partial charge in [0.05, 0.1) is 0 Å². The average molecular weight is 381 g/mol. The van der Waals surface area contributed by atoms with Gasteiger partial charge in [0.25, 0.3) is 11.8 Å². The smallest absolute Gasteiger partial charge is 0.329 e. The van der Waals surface area contributed by atoms with Gasteiger partial charge in [-0.15, -0.1) is 0 Å². The maximum atomic E-state index is 12.5. The molecule has 2 atom stereocenters. The van der Waals surface area contributed by atoms with Crippen LogP contribution in [0.5, 0.6) is 0 Å². The Bertz CT molecular complexity index is 656. The Balaban J connectivity index is 1.97. The minimum absolute atomic E-state index is 0.161. The van der Waals surface area contributed by atoms with Crippen LogP contribution in [0.4, 0.5) is 0 Å². The van der Waals surface area contributed by atoms with Crippen molar-refractivity contribution < 1.29 is 19.1 Å². The summed E-state index contributed by atoms with van der Waals surface area (Å²) in [5.74, 6) is -1.15. The lowest BCUT2D eigenvalue weighted by atomic mass is 10.0. The van der Waals surface area contributed by atoms with Gasteiger partial charge in [-0.05, 0) is 56.4 Å². The third kappa shape index (κ3) is 6.33. The molecular formula is C19H25ClN2O4. The number of rotatable bonds is 8. The average Bonchev–Trinajstić information content (AvgIpc) is 3.38. The lowest BCUT2D eigenvalue weighted by Crippen LogP contribution is -2.46. The number of carbonyl (C=O) groups is 3. The van der Waals surface area contributed by atoms with Crippen LogP contribution in [0.3, 0.4) is 0 Å². The molecule has 0 aliphatic heterocycles. The number of amides is 2. The van der Waals surface area contributed by atoms with Gasteiger partial charge in [0.1, 0.15) is 6.04 Å². The van der Waals surface area contributed by atoms with Gasteiger partial charge in [-0.1, -0.05) is 25.4 Å². The van der Waals surface area contributed by atoms with Crippen LogP contribution in [0.15, 0.2) is 24.3 Å². The Morgan fingerprint density at radius 3 is 2.31 bits per heavy atom. The van der Waals surface area contributed by atoms with Gasteiger partial charge in [0.2, 0.25) is 0 Å². The monoisotopic (exact) mass is 380 g/mol. The van der Waals surface area contributed by atoms with Gasteiger partial charge < -0.3 is 15.4 Å². The SMILES string of the molecule is CC(C)C[C@@H](NC(=O)c1ccc(Cl)cc1)C(=O)O[C@H](C)C(=O)NC1CC1. The van der Waals surface area contributed by atoms with E-state index in [4.69, 9.17) is 16.3 Å². The van der Waals surface area contributed by atoms with Crippen LogP contribution < -0.4 is 10.6 Å². The van der Waals surface area contributed by atoms with Crippen molar-refractivity contribution >= 4 is 29.4 Å². The van der Waals surface area contributed by atoms with Crippen LogP contribution >= 0.6 is 11.6 Å². The fourth-order valence-electron chi connectivity index (χ4n) is 2.38. The summed E-state index contributed by atoms with van der Waals surface area (Å²) in [6.45, 7) is 5.42. The van der Waals surface area contributed by atoms with E-state index in [0.717, 1.165) is 12.8 Å². The molecule has 2 N–H and O–H groups in total. The maximum Gasteiger partial charge on any atom is 0.329 e. The molecule has 1 aliphatic rings. The third-order valence-corrected chi connectivity index (χ3v) is 4.24. The summed E-state index contributed by atoms with van der Waals surface area (Å²) < 4.78 is 5.27. The molecule has 0 heterocycles. The van der Waals surface area contributed by atoms with E-state index in [-0.39, 0.29) is 23.8 Å². The van der Waals surface area contributed by atoms with Crippen molar-refractivity contribution in [3.05, 3.63) is 34.9 Å². The Morgan fingerprint density at radius 1 is 1.15 bits per heavy atom. The second kappa shape index (κ2) is 9.03. The van der Waals surface area contributed by atoms with Crippen LogP contribution in [-0.2, 0) is 14.3 Å². The largest absolute Gasteiger partial charge is 0.451 e. The molecule has 0 spiro atoms. The predicted octanol–water partition coefficient (Wildman–Crippen LogP) is 2.69. The van der Waals surface area contributed by atoms with Crippen molar-refractivity contribution in [2.45, 2.75) is 58.2 Å². The summed E-state index contributed by atoms with van der Waals surface area (Å²) >= 11 is 5.82. The molecule has 26 heavy (non-hydrogen) atoms. The van der Waals surface area contributed by atoms with E-state index in [2.05, 4.69) is 10.6 Å². The molecule has 0 radical (unpaired) electrons. The second-order valence-electron chi connectivity index (χ2n) is 7.02. The molecule has 142 valence electrons. The van der Waals surface area contributed by atoms with E-state index in [9.17, 15) is 14.4 Å². The van der Waals surface area contributed by atoms with Gasteiger partial charge in [-0.2, -0.15) is 0 Å². The van der Waals surface area contributed by atoms with Crippen molar-refractivity contribution in [1.29, 1.82) is 0 Å². The Labute approximate surface area is 158 Å². The molecular weight excluding hydrogens is 356 g/mol. The lowest BCUT2D eigenvalue weighted by molar-refractivity contribution is -0.157. The number of hydrogen-bond donors (Lipinski definition) is 2. The molecule has 1 saturated carbocycles. The van der Waals surface area contributed by atoms with Crippen LogP contribution in [0.1, 0.15) is 50.4 Å². The number of ether oxygens (including phenoxy) is 1. The molecule has 0 aromatic heterocycles. The molecule has 0 saturated heterocycles. The van der Waals surface area contributed by atoms with E-state index < -0.39 is 18.1 Å². The van der Waals surface area contributed by atoms with E-state index >= 15 is 0 Å². The zero-order valence-electron chi connectivity index (χ0n) is 15.3. The summed E-state index contributed by atoms with van der Waals surface area (Å²) in [5, 5.41) is 6.01. The highest BCUT2D eigenvalue weighted by Crippen LogP contribution is 2.19. The summed E-state index contributed by atoms with van der Waals surface area (Å²) in [4.78, 5) is 36.8. The summed E-state index contributed by atoms with van der Waals surface area (Å²) in [6, 6.07) is 5.75. The van der Waals surface area contributed by atoms with Gasteiger partial charge in [-0.25, -0.2) is 4.79 Å². The summed E-state index contributed by atoms with van der Waals surface area (Å²) in [5.41, 5.74) is 0.399. The molecule has 7 heteroatoms. The molecule has 2 amide bonds. The number of benzene rings is 1. The molecule has 1 aliphatic carbocycles. The van der Waals surface area contributed by atoms with E-state index in [0.29, 0.717) is 17.0 Å². The number of esters is 1. The van der Waals surface area contributed by atoms with E-state index in [1.165, 1.54) is 6.92 Å². The minimum atomic E-state index is -0.898. The highest BCUT2D eigenvalue weighted by Gasteiger charge is 2.30. The van der Waals surface area contributed by atoms with E-state index in [1.54, 1.807) is 24.3 Å². The van der Waals surface area contributed by atoms with Gasteiger partial charge >= 0.3 is 5.97 Å². The van der Waals surface area contributed by atoms with E-state index in [1.807, 2.05) is 13.8 Å². The fraction of sp³-hybridized carbons (Fsp3) is 0.526. The lowest BCUT2D eigenvalue weighted by Gasteiger charge is -2.21. The van der Waals surface area contributed by atoms with Gasteiger partial charge in [0, 0.05) is 16.6 Å². The Morgan fingerprint density at radius 2 is 1.77 bits per heavy atom. The first-order chi connectivity index (χ1) is 12.3. The van der Waals surface area contributed by atoms with Crippen molar-refractivity contribution in [3.63, 3.8) is 0 Å².